The Morgan fingerprint density at radius 2 is 1.90 bits per heavy atom. The van der Waals surface area contributed by atoms with Gasteiger partial charge in [0, 0.05) is 14.2 Å². The fraction of sp³-hybridized carbons (Fsp3) is 0.400. The lowest BCUT2D eigenvalue weighted by atomic mass is 10.7. The summed E-state index contributed by atoms with van der Waals surface area (Å²) in [7, 11) is -1.24. The Labute approximate surface area is 59.4 Å². The maximum absolute atomic E-state index is 11.0. The number of hydrogen-bond donors (Lipinski definition) is 0. The van der Waals surface area contributed by atoms with E-state index in [4.69, 9.17) is 0 Å². The van der Waals surface area contributed by atoms with Crippen molar-refractivity contribution in [2.75, 3.05) is 14.2 Å². The highest BCUT2D eigenvalue weighted by Crippen LogP contribution is 2.47. The summed E-state index contributed by atoms with van der Waals surface area (Å²) in [6.07, 6.45) is 0.910. The summed E-state index contributed by atoms with van der Waals surface area (Å²) in [4.78, 5) is 10.7. The van der Waals surface area contributed by atoms with Gasteiger partial charge < -0.3 is 9.05 Å². The smallest absolute Gasteiger partial charge is 0.306 e. The number of carbonyl (C=O) groups is 1. The molecular formula is C5H9O4P. The Hall–Kier alpha value is -0.440. The molecule has 0 unspecified atom stereocenters. The molecular weight excluding hydrogens is 155 g/mol. The zero-order chi connectivity index (χ0) is 8.20. The molecule has 0 aliphatic heterocycles. The van der Waals surface area contributed by atoms with Gasteiger partial charge in [-0.05, 0) is 6.08 Å². The highest BCUT2D eigenvalue weighted by molar-refractivity contribution is 7.72. The minimum atomic E-state index is -3.53. The van der Waals surface area contributed by atoms with Crippen LogP contribution in [0.25, 0.3) is 0 Å². The molecule has 0 aromatic heterocycles. The molecule has 58 valence electrons. The van der Waals surface area contributed by atoms with Crippen LogP contribution in [0, 0.1) is 0 Å². The van der Waals surface area contributed by atoms with Crippen LogP contribution >= 0.6 is 7.60 Å². The van der Waals surface area contributed by atoms with E-state index in [2.05, 4.69) is 15.6 Å². The minimum absolute atomic E-state index is 0.725. The zero-order valence-electron chi connectivity index (χ0n) is 5.86. The van der Waals surface area contributed by atoms with E-state index < -0.39 is 13.1 Å². The zero-order valence-corrected chi connectivity index (χ0v) is 6.76. The largest absolute Gasteiger partial charge is 0.400 e. The topological polar surface area (TPSA) is 52.6 Å². The van der Waals surface area contributed by atoms with Crippen molar-refractivity contribution in [2.45, 2.75) is 0 Å². The Bertz CT molecular complexity index is 178. The average Bonchev–Trinajstić information content (AvgIpc) is 2.01. The molecule has 0 heterocycles. The van der Waals surface area contributed by atoms with Crippen LogP contribution in [0.3, 0.4) is 0 Å². The van der Waals surface area contributed by atoms with Crippen molar-refractivity contribution in [1.82, 2.24) is 0 Å². The summed E-state index contributed by atoms with van der Waals surface area (Å²) in [5.74, 6) is 0. The second kappa shape index (κ2) is 3.66. The first-order valence-corrected chi connectivity index (χ1v) is 4.03. The predicted octanol–water partition coefficient (Wildman–Crippen LogP) is 1.18. The summed E-state index contributed by atoms with van der Waals surface area (Å²) in [6.45, 7) is 3.14. The van der Waals surface area contributed by atoms with Gasteiger partial charge in [-0.2, -0.15) is 0 Å². The van der Waals surface area contributed by atoms with E-state index in [-0.39, 0.29) is 0 Å². The molecule has 0 radical (unpaired) electrons. The van der Waals surface area contributed by atoms with Gasteiger partial charge in [0.25, 0.3) is 5.52 Å². The highest BCUT2D eigenvalue weighted by atomic mass is 31.2. The normalized spacial score (nSPS) is 11.0. The lowest BCUT2D eigenvalue weighted by molar-refractivity contribution is -0.109. The molecule has 0 fully saturated rings. The van der Waals surface area contributed by atoms with Crippen LogP contribution in [0.15, 0.2) is 12.7 Å². The molecule has 0 spiro atoms. The molecule has 0 aromatic carbocycles. The van der Waals surface area contributed by atoms with Gasteiger partial charge >= 0.3 is 7.60 Å². The van der Waals surface area contributed by atoms with Gasteiger partial charge in [0.2, 0.25) is 0 Å². The van der Waals surface area contributed by atoms with Crippen molar-refractivity contribution in [2.24, 2.45) is 0 Å². The lowest BCUT2D eigenvalue weighted by Crippen LogP contribution is -1.98. The summed E-state index contributed by atoms with van der Waals surface area (Å²) >= 11 is 0. The van der Waals surface area contributed by atoms with Crippen LogP contribution in [0.5, 0.6) is 0 Å². The molecule has 0 aliphatic carbocycles. The summed E-state index contributed by atoms with van der Waals surface area (Å²) in [5, 5.41) is 0. The van der Waals surface area contributed by atoms with E-state index in [1.807, 2.05) is 0 Å². The Morgan fingerprint density at radius 3 is 2.00 bits per heavy atom. The van der Waals surface area contributed by atoms with Crippen molar-refractivity contribution in [1.29, 1.82) is 0 Å². The predicted molar refractivity (Wildman–Crippen MR) is 36.8 cm³/mol. The maximum atomic E-state index is 11.0. The molecule has 10 heavy (non-hydrogen) atoms. The first-order chi connectivity index (χ1) is 4.60. The monoisotopic (exact) mass is 164 g/mol. The molecule has 0 saturated heterocycles. The summed E-state index contributed by atoms with van der Waals surface area (Å²) < 4.78 is 19.7. The van der Waals surface area contributed by atoms with Crippen molar-refractivity contribution < 1.29 is 18.4 Å². The van der Waals surface area contributed by atoms with Crippen molar-refractivity contribution in [3.63, 3.8) is 0 Å². The van der Waals surface area contributed by atoms with Crippen LogP contribution in [-0.2, 0) is 18.4 Å². The quantitative estimate of drug-likeness (QED) is 0.462. The van der Waals surface area contributed by atoms with E-state index in [9.17, 15) is 9.36 Å². The summed E-state index contributed by atoms with van der Waals surface area (Å²) in [6, 6.07) is 0. The molecule has 0 atom stereocenters. The number of allylic oxidation sites excluding steroid dienone is 1. The highest BCUT2D eigenvalue weighted by Gasteiger charge is 2.28. The fourth-order valence-corrected chi connectivity index (χ4v) is 1.10. The van der Waals surface area contributed by atoms with Crippen molar-refractivity contribution in [3.8, 4) is 0 Å². The third-order valence-electron chi connectivity index (χ3n) is 0.925. The van der Waals surface area contributed by atoms with Crippen LogP contribution in [-0.4, -0.2) is 19.7 Å². The summed E-state index contributed by atoms with van der Waals surface area (Å²) in [5.41, 5.74) is -0.725. The Morgan fingerprint density at radius 1 is 1.50 bits per heavy atom. The molecule has 0 N–H and O–H groups in total. The van der Waals surface area contributed by atoms with E-state index in [0.717, 1.165) is 20.3 Å². The Balaban J connectivity index is 4.49. The molecule has 0 rings (SSSR count). The number of carbonyl (C=O) groups excluding carboxylic acids is 1. The third kappa shape index (κ3) is 1.77. The van der Waals surface area contributed by atoms with Gasteiger partial charge in [-0.1, -0.05) is 6.58 Å². The SMILES string of the molecule is C=CC(=O)P(=O)(OC)OC. The lowest BCUT2D eigenvalue weighted by Gasteiger charge is -2.07. The van der Waals surface area contributed by atoms with Crippen LogP contribution in [0.4, 0.5) is 0 Å². The fourth-order valence-electron chi connectivity index (χ4n) is 0.366. The van der Waals surface area contributed by atoms with Crippen molar-refractivity contribution >= 4 is 13.1 Å². The number of rotatable bonds is 4. The average molecular weight is 164 g/mol. The van der Waals surface area contributed by atoms with Gasteiger partial charge in [0.05, 0.1) is 0 Å². The van der Waals surface area contributed by atoms with Gasteiger partial charge in [-0.3, -0.25) is 9.36 Å². The van der Waals surface area contributed by atoms with Crippen molar-refractivity contribution in [3.05, 3.63) is 12.7 Å². The van der Waals surface area contributed by atoms with Gasteiger partial charge in [0.15, 0.2) is 0 Å². The van der Waals surface area contributed by atoms with Gasteiger partial charge in [-0.25, -0.2) is 0 Å². The molecule has 0 bridgehead atoms. The standard InChI is InChI=1S/C5H9O4P/c1-4-5(6)10(7,8-2)9-3/h4H,1H2,2-3H3. The molecule has 0 amide bonds. The molecule has 5 heteroatoms. The van der Waals surface area contributed by atoms with Crippen LogP contribution in [0.2, 0.25) is 0 Å². The van der Waals surface area contributed by atoms with E-state index in [1.54, 1.807) is 0 Å². The third-order valence-corrected chi connectivity index (χ3v) is 2.61. The van der Waals surface area contributed by atoms with Crippen LogP contribution in [0.1, 0.15) is 0 Å². The molecule has 0 saturated carbocycles. The van der Waals surface area contributed by atoms with E-state index in [0.29, 0.717) is 0 Å². The molecule has 0 aliphatic rings. The van der Waals surface area contributed by atoms with Gasteiger partial charge in [0.1, 0.15) is 0 Å². The first kappa shape index (κ1) is 9.56. The minimum Gasteiger partial charge on any atom is -0.306 e. The molecule has 4 nitrogen and oxygen atoms in total. The molecule has 0 aromatic rings. The van der Waals surface area contributed by atoms with Crippen LogP contribution < -0.4 is 0 Å². The van der Waals surface area contributed by atoms with E-state index in [1.165, 1.54) is 0 Å². The maximum Gasteiger partial charge on any atom is 0.400 e. The second-order valence-electron chi connectivity index (χ2n) is 1.40. The van der Waals surface area contributed by atoms with E-state index >= 15 is 0 Å². The second-order valence-corrected chi connectivity index (χ2v) is 3.57. The van der Waals surface area contributed by atoms with Gasteiger partial charge in [-0.15, -0.1) is 0 Å². The number of hydrogen-bond acceptors (Lipinski definition) is 4. The Kier molecular flexibility index (Phi) is 3.50. The first-order valence-electron chi connectivity index (χ1n) is 2.49.